The smallest absolute Gasteiger partial charge is 0.242 e. The number of hydrogen-bond acceptors (Lipinski definition) is 3. The molecule has 2 aromatic rings. The molecule has 0 saturated carbocycles. The third kappa shape index (κ3) is 8.78. The molecule has 0 radical (unpaired) electrons. The van der Waals surface area contributed by atoms with Gasteiger partial charge in [-0.2, -0.15) is 0 Å². The van der Waals surface area contributed by atoms with Crippen LogP contribution in [-0.2, 0) is 17.9 Å². The number of nitrogens with zero attached hydrogens (tertiary/aromatic N) is 2. The number of nitrogens with one attached hydrogen (secondary N) is 3. The Hall–Kier alpha value is -2.13. The molecule has 0 bridgehead atoms. The molecule has 3 rings (SSSR count). The van der Waals surface area contributed by atoms with Gasteiger partial charge in [-0.15, -0.1) is 24.0 Å². The van der Waals surface area contributed by atoms with Gasteiger partial charge in [-0.1, -0.05) is 60.7 Å². The highest BCUT2D eigenvalue weighted by molar-refractivity contribution is 14.0. The monoisotopic (exact) mass is 549 g/mol. The Kier molecular flexibility index (Phi) is 11.5. The van der Waals surface area contributed by atoms with Gasteiger partial charge in [0.05, 0.1) is 0 Å². The summed E-state index contributed by atoms with van der Waals surface area (Å²) in [5.41, 5.74) is 2.44. The van der Waals surface area contributed by atoms with E-state index in [1.54, 1.807) is 0 Å². The average Bonchev–Trinajstić information content (AvgIpc) is 2.79. The molecular weight excluding hydrogens is 513 g/mol. The van der Waals surface area contributed by atoms with Crippen molar-refractivity contribution >= 4 is 35.8 Å². The summed E-state index contributed by atoms with van der Waals surface area (Å²) in [5, 5.41) is 9.73. The average molecular weight is 550 g/mol. The van der Waals surface area contributed by atoms with E-state index in [4.69, 9.17) is 0 Å². The van der Waals surface area contributed by atoms with Gasteiger partial charge < -0.3 is 16.0 Å². The van der Waals surface area contributed by atoms with Crippen molar-refractivity contribution in [3.8, 4) is 0 Å². The quantitative estimate of drug-likeness (QED) is 0.268. The van der Waals surface area contributed by atoms with Crippen LogP contribution in [0.3, 0.4) is 0 Å². The number of carbonyl (C=O) groups is 1. The van der Waals surface area contributed by atoms with Gasteiger partial charge >= 0.3 is 0 Å². The molecule has 1 fully saturated rings. The van der Waals surface area contributed by atoms with Crippen LogP contribution in [0.15, 0.2) is 65.7 Å². The lowest BCUT2D eigenvalue weighted by Gasteiger charge is -2.38. The highest BCUT2D eigenvalue weighted by Gasteiger charge is 2.26. The highest BCUT2D eigenvalue weighted by Crippen LogP contribution is 2.19. The van der Waals surface area contributed by atoms with E-state index in [1.807, 2.05) is 37.3 Å². The Balaban J connectivity index is 0.00000363. The van der Waals surface area contributed by atoms with Crippen LogP contribution in [0.4, 0.5) is 0 Å². The van der Waals surface area contributed by atoms with Gasteiger partial charge in [0.2, 0.25) is 5.91 Å². The molecule has 32 heavy (non-hydrogen) atoms. The minimum atomic E-state index is -0.0768. The maximum atomic E-state index is 12.2. The molecule has 2 aromatic carbocycles. The number of piperidine rings is 1. The molecule has 174 valence electrons. The van der Waals surface area contributed by atoms with E-state index < -0.39 is 0 Å². The van der Waals surface area contributed by atoms with Crippen molar-refractivity contribution in [1.29, 1.82) is 0 Å². The lowest BCUT2D eigenvalue weighted by Crippen LogP contribution is -2.51. The highest BCUT2D eigenvalue weighted by atomic mass is 127. The minimum Gasteiger partial charge on any atom is -0.357 e. The van der Waals surface area contributed by atoms with Gasteiger partial charge in [0.15, 0.2) is 5.96 Å². The van der Waals surface area contributed by atoms with Crippen molar-refractivity contribution in [3.63, 3.8) is 0 Å². The number of rotatable bonds is 8. The maximum absolute atomic E-state index is 12.2. The van der Waals surface area contributed by atoms with Gasteiger partial charge in [0, 0.05) is 38.3 Å². The standard InChI is InChI=1S/C25H35N5O.HI/c1-3-26-25(28-18-24(31)27-17-21-10-6-4-7-11-21)29-23-14-15-30(20(2)16-23)19-22-12-8-5-9-13-22;/h4-13,20,23H,3,14-19H2,1-2H3,(H,27,31)(H2,26,28,29);1H. The first kappa shape index (κ1) is 26.1. The van der Waals surface area contributed by atoms with E-state index >= 15 is 0 Å². The molecule has 0 spiro atoms. The van der Waals surface area contributed by atoms with Gasteiger partial charge in [0.1, 0.15) is 6.54 Å². The van der Waals surface area contributed by atoms with Gasteiger partial charge in [-0.05, 0) is 37.8 Å². The van der Waals surface area contributed by atoms with E-state index in [1.165, 1.54) is 5.56 Å². The topological polar surface area (TPSA) is 68.8 Å². The zero-order valence-corrected chi connectivity index (χ0v) is 21.4. The molecule has 0 aromatic heterocycles. The van der Waals surface area contributed by atoms with E-state index in [0.29, 0.717) is 24.6 Å². The number of likely N-dealkylation sites (tertiary alicyclic amines) is 1. The second-order valence-electron chi connectivity index (χ2n) is 8.13. The van der Waals surface area contributed by atoms with E-state index in [2.05, 4.69) is 63.1 Å². The third-order valence-electron chi connectivity index (χ3n) is 5.64. The van der Waals surface area contributed by atoms with Crippen LogP contribution >= 0.6 is 24.0 Å². The molecule has 1 saturated heterocycles. The van der Waals surface area contributed by atoms with Gasteiger partial charge in [-0.3, -0.25) is 9.69 Å². The Morgan fingerprint density at radius 2 is 1.69 bits per heavy atom. The summed E-state index contributed by atoms with van der Waals surface area (Å²) in [7, 11) is 0. The predicted octanol–water partition coefficient (Wildman–Crippen LogP) is 3.53. The van der Waals surface area contributed by atoms with Crippen molar-refractivity contribution in [3.05, 3.63) is 71.8 Å². The molecule has 2 unspecified atom stereocenters. The number of amides is 1. The summed E-state index contributed by atoms with van der Waals surface area (Å²) in [6.45, 7) is 7.77. The van der Waals surface area contributed by atoms with Crippen LogP contribution in [0.1, 0.15) is 37.8 Å². The second kappa shape index (κ2) is 14.1. The molecule has 6 nitrogen and oxygen atoms in total. The van der Waals surface area contributed by atoms with Crippen LogP contribution in [0.25, 0.3) is 0 Å². The Morgan fingerprint density at radius 3 is 2.31 bits per heavy atom. The first-order chi connectivity index (χ1) is 15.1. The van der Waals surface area contributed by atoms with E-state index in [0.717, 1.165) is 38.0 Å². The SMILES string of the molecule is CCNC(=NCC(=O)NCc1ccccc1)NC1CCN(Cc2ccccc2)C(C)C1.I. The lowest BCUT2D eigenvalue weighted by atomic mass is 9.97. The fraction of sp³-hybridized carbons (Fsp3) is 0.440. The number of benzene rings is 2. The predicted molar refractivity (Wildman–Crippen MR) is 142 cm³/mol. The molecule has 0 aliphatic carbocycles. The van der Waals surface area contributed by atoms with Crippen LogP contribution in [-0.4, -0.2) is 48.5 Å². The molecule has 1 amide bonds. The van der Waals surface area contributed by atoms with Crippen LogP contribution in [0.5, 0.6) is 0 Å². The number of carbonyl (C=O) groups excluding carboxylic acids is 1. The number of guanidine groups is 1. The van der Waals surface area contributed by atoms with Crippen molar-refractivity contribution in [2.24, 2.45) is 4.99 Å². The first-order valence-corrected chi connectivity index (χ1v) is 11.3. The van der Waals surface area contributed by atoms with Gasteiger partial charge in [0.25, 0.3) is 0 Å². The fourth-order valence-corrected chi connectivity index (χ4v) is 3.92. The van der Waals surface area contributed by atoms with Crippen molar-refractivity contribution in [2.45, 2.75) is 51.9 Å². The molecule has 3 N–H and O–H groups in total. The summed E-state index contributed by atoms with van der Waals surface area (Å²) in [6, 6.07) is 21.4. The van der Waals surface area contributed by atoms with Crippen molar-refractivity contribution < 1.29 is 4.79 Å². The normalized spacial score (nSPS) is 19.0. The summed E-state index contributed by atoms with van der Waals surface area (Å²) >= 11 is 0. The fourth-order valence-electron chi connectivity index (χ4n) is 3.92. The van der Waals surface area contributed by atoms with Crippen LogP contribution in [0, 0.1) is 0 Å². The Morgan fingerprint density at radius 1 is 1.03 bits per heavy atom. The van der Waals surface area contributed by atoms with Crippen molar-refractivity contribution in [1.82, 2.24) is 20.9 Å². The Labute approximate surface area is 209 Å². The summed E-state index contributed by atoms with van der Waals surface area (Å²) in [4.78, 5) is 19.2. The zero-order chi connectivity index (χ0) is 21.9. The van der Waals surface area contributed by atoms with Crippen molar-refractivity contribution in [2.75, 3.05) is 19.6 Å². The first-order valence-electron chi connectivity index (χ1n) is 11.3. The largest absolute Gasteiger partial charge is 0.357 e. The summed E-state index contributed by atoms with van der Waals surface area (Å²) in [5.74, 6) is 0.637. The molecule has 2 atom stereocenters. The lowest BCUT2D eigenvalue weighted by molar-refractivity contribution is -0.119. The minimum absolute atomic E-state index is 0. The molecular formula is C25H36IN5O. The number of aliphatic imine (C=N–C) groups is 1. The van der Waals surface area contributed by atoms with Crippen LogP contribution in [0.2, 0.25) is 0 Å². The molecule has 1 aliphatic heterocycles. The maximum Gasteiger partial charge on any atom is 0.242 e. The number of halogens is 1. The third-order valence-corrected chi connectivity index (χ3v) is 5.64. The number of hydrogen-bond donors (Lipinski definition) is 3. The molecule has 1 aliphatic rings. The summed E-state index contributed by atoms with van der Waals surface area (Å²) < 4.78 is 0. The Bertz CT molecular complexity index is 831. The second-order valence-corrected chi connectivity index (χ2v) is 8.13. The van der Waals surface area contributed by atoms with Crippen LogP contribution < -0.4 is 16.0 Å². The summed E-state index contributed by atoms with van der Waals surface area (Å²) in [6.07, 6.45) is 2.11. The zero-order valence-electron chi connectivity index (χ0n) is 19.1. The van der Waals surface area contributed by atoms with Gasteiger partial charge in [-0.25, -0.2) is 4.99 Å². The van der Waals surface area contributed by atoms with E-state index in [-0.39, 0.29) is 36.4 Å². The van der Waals surface area contributed by atoms with E-state index in [9.17, 15) is 4.79 Å². The molecule has 1 heterocycles. The molecule has 7 heteroatoms.